The quantitative estimate of drug-likeness (QED) is 0.394. The van der Waals surface area contributed by atoms with Gasteiger partial charge in [0, 0.05) is 50.5 Å². The lowest BCUT2D eigenvalue weighted by Crippen LogP contribution is -2.48. The molecule has 1 aromatic heterocycles. The second kappa shape index (κ2) is 10.5. The lowest BCUT2D eigenvalue weighted by atomic mass is 10.0. The summed E-state index contributed by atoms with van der Waals surface area (Å²) in [4.78, 5) is 11.6. The van der Waals surface area contributed by atoms with Gasteiger partial charge in [-0.15, -0.1) is 0 Å². The summed E-state index contributed by atoms with van der Waals surface area (Å²) in [6, 6.07) is 6.62. The van der Waals surface area contributed by atoms with Gasteiger partial charge < -0.3 is 16.0 Å². The van der Waals surface area contributed by atoms with Crippen LogP contribution in [0, 0.1) is 0 Å². The number of rotatable bonds is 7. The molecular formula is C20H36N6. The maximum Gasteiger partial charge on any atom is 0.191 e. The molecule has 0 aliphatic carbocycles. The lowest BCUT2D eigenvalue weighted by Gasteiger charge is -2.32. The number of aliphatic imine (C=N–C) groups is 1. The van der Waals surface area contributed by atoms with Gasteiger partial charge in [-0.2, -0.15) is 0 Å². The molecule has 6 nitrogen and oxygen atoms in total. The minimum Gasteiger partial charge on any atom is -0.357 e. The van der Waals surface area contributed by atoms with E-state index in [1.807, 2.05) is 12.3 Å². The van der Waals surface area contributed by atoms with E-state index in [9.17, 15) is 0 Å². The molecule has 0 aromatic carbocycles. The largest absolute Gasteiger partial charge is 0.357 e. The molecule has 1 aliphatic rings. The van der Waals surface area contributed by atoms with Gasteiger partial charge in [0.05, 0.1) is 12.2 Å². The van der Waals surface area contributed by atoms with E-state index in [1.165, 1.54) is 0 Å². The van der Waals surface area contributed by atoms with E-state index in [-0.39, 0.29) is 5.54 Å². The Hall–Kier alpha value is -1.66. The SMILES string of the molecule is CCNC(=NCCNC(C)(C)C)NC1CCN(Cc2ccccn2)CC1. The first-order chi connectivity index (χ1) is 12.5. The molecule has 1 fully saturated rings. The molecule has 0 saturated carbocycles. The van der Waals surface area contributed by atoms with Crippen LogP contribution in [0.2, 0.25) is 0 Å². The van der Waals surface area contributed by atoms with Crippen LogP contribution in [0.5, 0.6) is 0 Å². The van der Waals surface area contributed by atoms with Crippen LogP contribution in [0.15, 0.2) is 29.4 Å². The van der Waals surface area contributed by atoms with Gasteiger partial charge in [0.1, 0.15) is 0 Å². The normalized spacial score (nSPS) is 17.3. The topological polar surface area (TPSA) is 64.6 Å². The number of nitrogens with zero attached hydrogens (tertiary/aromatic N) is 3. The predicted octanol–water partition coefficient (Wildman–Crippen LogP) is 1.99. The van der Waals surface area contributed by atoms with Crippen LogP contribution in [-0.2, 0) is 6.54 Å². The summed E-state index contributed by atoms with van der Waals surface area (Å²) in [7, 11) is 0. The number of hydrogen-bond acceptors (Lipinski definition) is 4. The second-order valence-electron chi connectivity index (χ2n) is 7.95. The third-order valence-electron chi connectivity index (χ3n) is 4.42. The van der Waals surface area contributed by atoms with Gasteiger partial charge >= 0.3 is 0 Å². The summed E-state index contributed by atoms with van der Waals surface area (Å²) in [6.45, 7) is 14.3. The van der Waals surface area contributed by atoms with Gasteiger partial charge in [-0.3, -0.25) is 14.9 Å². The highest BCUT2D eigenvalue weighted by Crippen LogP contribution is 2.12. The van der Waals surface area contributed by atoms with E-state index in [1.54, 1.807) is 0 Å². The second-order valence-corrected chi connectivity index (χ2v) is 7.95. The molecule has 26 heavy (non-hydrogen) atoms. The fourth-order valence-electron chi connectivity index (χ4n) is 3.07. The summed E-state index contributed by atoms with van der Waals surface area (Å²) < 4.78 is 0. The zero-order valence-electron chi connectivity index (χ0n) is 16.9. The van der Waals surface area contributed by atoms with Crippen LogP contribution in [-0.4, -0.2) is 60.1 Å². The Balaban J connectivity index is 1.74. The summed E-state index contributed by atoms with van der Waals surface area (Å²) >= 11 is 0. The number of aromatic nitrogens is 1. The van der Waals surface area contributed by atoms with E-state index in [2.05, 4.69) is 65.7 Å². The van der Waals surface area contributed by atoms with Crippen molar-refractivity contribution in [2.75, 3.05) is 32.7 Å². The Morgan fingerprint density at radius 3 is 2.65 bits per heavy atom. The van der Waals surface area contributed by atoms with Crippen molar-refractivity contribution in [3.05, 3.63) is 30.1 Å². The zero-order valence-corrected chi connectivity index (χ0v) is 16.9. The molecule has 1 saturated heterocycles. The number of pyridine rings is 1. The molecule has 0 unspecified atom stereocenters. The molecule has 2 heterocycles. The van der Waals surface area contributed by atoms with Gasteiger partial charge in [-0.1, -0.05) is 6.07 Å². The molecular weight excluding hydrogens is 324 g/mol. The molecule has 146 valence electrons. The number of piperidine rings is 1. The number of likely N-dealkylation sites (tertiary alicyclic amines) is 1. The van der Waals surface area contributed by atoms with Crippen molar-refractivity contribution in [3.8, 4) is 0 Å². The van der Waals surface area contributed by atoms with E-state index < -0.39 is 0 Å². The molecule has 1 aromatic rings. The molecule has 6 heteroatoms. The van der Waals surface area contributed by atoms with Crippen molar-refractivity contribution in [2.24, 2.45) is 4.99 Å². The van der Waals surface area contributed by atoms with E-state index >= 15 is 0 Å². The van der Waals surface area contributed by atoms with Crippen LogP contribution in [0.1, 0.15) is 46.2 Å². The first kappa shape index (κ1) is 20.6. The fourth-order valence-corrected chi connectivity index (χ4v) is 3.07. The van der Waals surface area contributed by atoms with E-state index in [4.69, 9.17) is 4.99 Å². The fraction of sp³-hybridized carbons (Fsp3) is 0.700. The van der Waals surface area contributed by atoms with Crippen molar-refractivity contribution in [1.82, 2.24) is 25.8 Å². The van der Waals surface area contributed by atoms with Gasteiger partial charge in [0.15, 0.2) is 5.96 Å². The van der Waals surface area contributed by atoms with Gasteiger partial charge in [0.2, 0.25) is 0 Å². The molecule has 0 spiro atoms. The van der Waals surface area contributed by atoms with E-state index in [0.717, 1.165) is 63.8 Å². The first-order valence-electron chi connectivity index (χ1n) is 9.88. The third kappa shape index (κ3) is 8.15. The van der Waals surface area contributed by atoms with Gasteiger partial charge in [0.25, 0.3) is 0 Å². The Labute approximate surface area is 158 Å². The minimum atomic E-state index is 0.141. The van der Waals surface area contributed by atoms with Crippen molar-refractivity contribution < 1.29 is 0 Å². The molecule has 0 amide bonds. The van der Waals surface area contributed by atoms with Gasteiger partial charge in [-0.05, 0) is 52.7 Å². The summed E-state index contributed by atoms with van der Waals surface area (Å²) in [5.41, 5.74) is 1.29. The van der Waals surface area contributed by atoms with Crippen LogP contribution < -0.4 is 16.0 Å². The zero-order chi connectivity index (χ0) is 18.8. The summed E-state index contributed by atoms with van der Waals surface area (Å²) in [6.07, 6.45) is 4.15. The van der Waals surface area contributed by atoms with Crippen LogP contribution in [0.3, 0.4) is 0 Å². The minimum absolute atomic E-state index is 0.141. The number of hydrogen-bond donors (Lipinski definition) is 3. The summed E-state index contributed by atoms with van der Waals surface area (Å²) in [5, 5.41) is 10.5. The Morgan fingerprint density at radius 1 is 1.27 bits per heavy atom. The van der Waals surface area contributed by atoms with Crippen LogP contribution in [0.4, 0.5) is 0 Å². The lowest BCUT2D eigenvalue weighted by molar-refractivity contribution is 0.196. The number of nitrogens with one attached hydrogen (secondary N) is 3. The van der Waals surface area contributed by atoms with E-state index in [0.29, 0.717) is 6.04 Å². The maximum absolute atomic E-state index is 4.71. The molecule has 0 atom stereocenters. The van der Waals surface area contributed by atoms with Crippen molar-refractivity contribution >= 4 is 5.96 Å². The standard InChI is InChI=1S/C20H36N6/c1-5-21-19(23-12-13-24-20(2,3)4)25-17-9-14-26(15-10-17)16-18-8-6-7-11-22-18/h6-8,11,17,24H,5,9-10,12-16H2,1-4H3,(H2,21,23,25). The number of guanidine groups is 1. The summed E-state index contributed by atoms with van der Waals surface area (Å²) in [5.74, 6) is 0.936. The molecule has 2 rings (SSSR count). The Morgan fingerprint density at radius 2 is 2.04 bits per heavy atom. The van der Waals surface area contributed by atoms with Crippen LogP contribution in [0.25, 0.3) is 0 Å². The Kier molecular flexibility index (Phi) is 8.32. The molecule has 0 bridgehead atoms. The van der Waals surface area contributed by atoms with Crippen molar-refractivity contribution in [3.63, 3.8) is 0 Å². The molecule has 3 N–H and O–H groups in total. The highest BCUT2D eigenvalue weighted by molar-refractivity contribution is 5.80. The monoisotopic (exact) mass is 360 g/mol. The highest BCUT2D eigenvalue weighted by Gasteiger charge is 2.20. The highest BCUT2D eigenvalue weighted by atomic mass is 15.2. The average molecular weight is 361 g/mol. The maximum atomic E-state index is 4.71. The average Bonchev–Trinajstić information content (AvgIpc) is 2.60. The molecule has 1 aliphatic heterocycles. The third-order valence-corrected chi connectivity index (χ3v) is 4.42. The molecule has 0 radical (unpaired) electrons. The van der Waals surface area contributed by atoms with Crippen molar-refractivity contribution in [2.45, 2.75) is 58.7 Å². The van der Waals surface area contributed by atoms with Crippen LogP contribution >= 0.6 is 0 Å². The van der Waals surface area contributed by atoms with Crippen molar-refractivity contribution in [1.29, 1.82) is 0 Å². The smallest absolute Gasteiger partial charge is 0.191 e. The van der Waals surface area contributed by atoms with Gasteiger partial charge in [-0.25, -0.2) is 0 Å². The predicted molar refractivity (Wildman–Crippen MR) is 109 cm³/mol. The Bertz CT molecular complexity index is 529. The first-order valence-corrected chi connectivity index (χ1v) is 9.88.